The Balaban J connectivity index is 1.95. The molecule has 1 amide bonds. The average Bonchev–Trinajstić information content (AvgIpc) is 2.71. The number of amides is 1. The summed E-state index contributed by atoms with van der Waals surface area (Å²) in [6, 6.07) is 13.2. The van der Waals surface area contributed by atoms with E-state index in [0.29, 0.717) is 30.3 Å². The van der Waals surface area contributed by atoms with E-state index in [1.165, 1.54) is 16.8 Å². The van der Waals surface area contributed by atoms with Crippen LogP contribution in [-0.4, -0.2) is 34.9 Å². The first kappa shape index (κ1) is 20.1. The first-order valence-corrected chi connectivity index (χ1v) is 10.2. The molecule has 3 rings (SSSR count). The third-order valence-electron chi connectivity index (χ3n) is 4.43. The van der Waals surface area contributed by atoms with Crippen LogP contribution in [0.4, 0.5) is 10.5 Å². The number of nitrogens with zero attached hydrogens (tertiary/aromatic N) is 2. The summed E-state index contributed by atoms with van der Waals surface area (Å²) < 4.78 is 11.1. The smallest absolute Gasteiger partial charge is 0.302 e. The molecule has 6 nitrogen and oxygen atoms in total. The Labute approximate surface area is 169 Å². The molecule has 0 bridgehead atoms. The van der Waals surface area contributed by atoms with Gasteiger partial charge in [0.2, 0.25) is 0 Å². The van der Waals surface area contributed by atoms with E-state index in [0.717, 1.165) is 23.3 Å². The van der Waals surface area contributed by atoms with E-state index in [2.05, 4.69) is 6.92 Å². The van der Waals surface area contributed by atoms with Crippen LogP contribution < -0.4 is 15.2 Å². The average molecular weight is 400 g/mol. The van der Waals surface area contributed by atoms with Crippen molar-refractivity contribution in [1.29, 1.82) is 0 Å². The topological polar surface area (TPSA) is 77.1 Å². The van der Waals surface area contributed by atoms with Crippen LogP contribution in [-0.2, 0) is 6.54 Å². The molecule has 2 N–H and O–H groups in total. The number of hydrazone groups is 1. The predicted octanol–water partition coefficient (Wildman–Crippen LogP) is 4.53. The van der Waals surface area contributed by atoms with Crippen molar-refractivity contribution in [2.45, 2.75) is 32.1 Å². The highest BCUT2D eigenvalue weighted by atomic mass is 32.2. The van der Waals surface area contributed by atoms with Crippen molar-refractivity contribution >= 4 is 28.4 Å². The van der Waals surface area contributed by atoms with Gasteiger partial charge >= 0.3 is 5.24 Å². The fourth-order valence-corrected chi connectivity index (χ4v) is 3.93. The quantitative estimate of drug-likeness (QED) is 0.692. The number of methoxy groups -OCH3 is 1. The molecule has 0 radical (unpaired) electrons. The molecule has 1 aliphatic heterocycles. The Morgan fingerprint density at radius 3 is 2.54 bits per heavy atom. The van der Waals surface area contributed by atoms with Gasteiger partial charge in [-0.05, 0) is 49.2 Å². The summed E-state index contributed by atoms with van der Waals surface area (Å²) in [5.74, 6) is 1.35. The highest BCUT2D eigenvalue weighted by Gasteiger charge is 2.30. The molecule has 7 heteroatoms. The summed E-state index contributed by atoms with van der Waals surface area (Å²) in [5.41, 5.74) is 9.22. The van der Waals surface area contributed by atoms with E-state index in [1.54, 1.807) is 7.11 Å². The fourth-order valence-electron chi connectivity index (χ4n) is 2.99. The predicted molar refractivity (Wildman–Crippen MR) is 114 cm³/mol. The van der Waals surface area contributed by atoms with Crippen LogP contribution in [0, 0.1) is 0 Å². The maximum absolute atomic E-state index is 12.6. The minimum atomic E-state index is -0.0500. The maximum atomic E-state index is 12.6. The number of hydrogen-bond donors (Lipinski definition) is 1. The first-order chi connectivity index (χ1) is 13.5. The molecule has 2 aromatic rings. The zero-order valence-electron chi connectivity index (χ0n) is 16.3. The lowest BCUT2D eigenvalue weighted by Crippen LogP contribution is -2.34. The lowest BCUT2D eigenvalue weighted by molar-refractivity contribution is 0.222. The molecular weight excluding hydrogens is 374 g/mol. The third-order valence-corrected chi connectivity index (χ3v) is 5.68. The van der Waals surface area contributed by atoms with Gasteiger partial charge in [0, 0.05) is 11.3 Å². The van der Waals surface area contributed by atoms with Crippen molar-refractivity contribution in [1.82, 2.24) is 5.01 Å². The highest BCUT2D eigenvalue weighted by molar-refractivity contribution is 8.14. The Bertz CT molecular complexity index is 868. The fraction of sp³-hybridized carbons (Fsp3) is 0.333. The largest absolute Gasteiger partial charge is 0.493 e. The van der Waals surface area contributed by atoms with Crippen LogP contribution in [0.15, 0.2) is 47.6 Å². The molecule has 0 fully saturated rings. The minimum Gasteiger partial charge on any atom is -0.493 e. The van der Waals surface area contributed by atoms with Gasteiger partial charge in [0.05, 0.1) is 31.2 Å². The summed E-state index contributed by atoms with van der Waals surface area (Å²) in [6.07, 6.45) is 0.806. The molecule has 1 aliphatic rings. The number of ether oxygens (including phenoxy) is 2. The monoisotopic (exact) mass is 399 g/mol. The van der Waals surface area contributed by atoms with E-state index in [1.807, 2.05) is 49.4 Å². The van der Waals surface area contributed by atoms with Crippen LogP contribution in [0.25, 0.3) is 0 Å². The van der Waals surface area contributed by atoms with Crippen molar-refractivity contribution in [3.8, 4) is 11.5 Å². The highest BCUT2D eigenvalue weighted by Crippen LogP contribution is 2.33. The van der Waals surface area contributed by atoms with Crippen LogP contribution in [0.2, 0.25) is 0 Å². The van der Waals surface area contributed by atoms with E-state index < -0.39 is 0 Å². The maximum Gasteiger partial charge on any atom is 0.302 e. The molecule has 0 aliphatic carbocycles. The van der Waals surface area contributed by atoms with Crippen molar-refractivity contribution < 1.29 is 14.3 Å². The van der Waals surface area contributed by atoms with Gasteiger partial charge in [-0.3, -0.25) is 4.79 Å². The van der Waals surface area contributed by atoms with Gasteiger partial charge in [0.15, 0.2) is 11.5 Å². The lowest BCUT2D eigenvalue weighted by Gasteiger charge is -2.28. The van der Waals surface area contributed by atoms with Gasteiger partial charge in [0.1, 0.15) is 0 Å². The van der Waals surface area contributed by atoms with E-state index >= 15 is 0 Å². The Morgan fingerprint density at radius 1 is 1.14 bits per heavy atom. The molecule has 0 saturated heterocycles. The molecule has 28 heavy (non-hydrogen) atoms. The molecule has 0 spiro atoms. The number of rotatable bonds is 7. The van der Waals surface area contributed by atoms with Crippen LogP contribution in [0.1, 0.15) is 31.4 Å². The number of nitrogen functional groups attached to an aromatic ring is 1. The Kier molecular flexibility index (Phi) is 6.46. The third kappa shape index (κ3) is 4.42. The van der Waals surface area contributed by atoms with Gasteiger partial charge in [0.25, 0.3) is 0 Å². The molecule has 0 saturated carbocycles. The van der Waals surface area contributed by atoms with Gasteiger partial charge in [-0.1, -0.05) is 30.8 Å². The minimum absolute atomic E-state index is 0.00182. The number of anilines is 1. The standard InChI is InChI=1S/C21H25N3O3S/c1-4-19-20(15-8-11-17(26-3)18(12-15)27-5-2)23-24(21(25)28-19)13-14-6-9-16(22)10-7-14/h6-12,19H,4-5,13,22H2,1-3H3. The Hall–Kier alpha value is -2.67. The molecule has 2 aromatic carbocycles. The summed E-state index contributed by atoms with van der Waals surface area (Å²) >= 11 is 1.31. The lowest BCUT2D eigenvalue weighted by atomic mass is 10.0. The van der Waals surface area contributed by atoms with Gasteiger partial charge in [-0.2, -0.15) is 5.10 Å². The van der Waals surface area contributed by atoms with Gasteiger partial charge in [-0.15, -0.1) is 0 Å². The second-order valence-electron chi connectivity index (χ2n) is 6.36. The molecular formula is C21H25N3O3S. The van der Waals surface area contributed by atoms with E-state index in [4.69, 9.17) is 20.3 Å². The Morgan fingerprint density at radius 2 is 1.89 bits per heavy atom. The van der Waals surface area contributed by atoms with E-state index in [-0.39, 0.29) is 10.5 Å². The number of carbonyl (C=O) groups is 1. The molecule has 148 valence electrons. The molecule has 1 heterocycles. The molecule has 1 atom stereocenters. The van der Waals surface area contributed by atoms with Crippen molar-refractivity contribution in [3.63, 3.8) is 0 Å². The zero-order valence-corrected chi connectivity index (χ0v) is 17.2. The van der Waals surface area contributed by atoms with Crippen molar-refractivity contribution in [2.24, 2.45) is 5.10 Å². The van der Waals surface area contributed by atoms with Gasteiger partial charge in [-0.25, -0.2) is 5.01 Å². The summed E-state index contributed by atoms with van der Waals surface area (Å²) in [4.78, 5) is 12.6. The van der Waals surface area contributed by atoms with Crippen molar-refractivity contribution in [3.05, 3.63) is 53.6 Å². The molecule has 1 unspecified atom stereocenters. The summed E-state index contributed by atoms with van der Waals surface area (Å²) in [7, 11) is 1.62. The summed E-state index contributed by atoms with van der Waals surface area (Å²) in [6.45, 7) is 4.94. The number of hydrogen-bond acceptors (Lipinski definition) is 6. The zero-order chi connectivity index (χ0) is 20.1. The van der Waals surface area contributed by atoms with Crippen molar-refractivity contribution in [2.75, 3.05) is 19.5 Å². The first-order valence-electron chi connectivity index (χ1n) is 9.28. The SMILES string of the molecule is CCOc1cc(C2=NN(Cc3ccc(N)cc3)C(=O)SC2CC)ccc1OC. The van der Waals surface area contributed by atoms with Crippen LogP contribution in [0.3, 0.4) is 0 Å². The summed E-state index contributed by atoms with van der Waals surface area (Å²) in [5, 5.41) is 6.18. The normalized spacial score (nSPS) is 16.7. The van der Waals surface area contributed by atoms with Crippen LogP contribution >= 0.6 is 11.8 Å². The van der Waals surface area contributed by atoms with Crippen LogP contribution in [0.5, 0.6) is 11.5 Å². The second kappa shape index (κ2) is 9.01. The number of nitrogens with two attached hydrogens (primary N) is 1. The van der Waals surface area contributed by atoms with Gasteiger partial charge < -0.3 is 15.2 Å². The number of benzene rings is 2. The second-order valence-corrected chi connectivity index (χ2v) is 7.52. The van der Waals surface area contributed by atoms with E-state index in [9.17, 15) is 4.79 Å². The number of carbonyl (C=O) groups excluding carboxylic acids is 1. The number of thioether (sulfide) groups is 1. The molecule has 0 aromatic heterocycles.